The number of aliphatic hydroxyl groups excluding tert-OH is 2. The summed E-state index contributed by atoms with van der Waals surface area (Å²) in [5.74, 6) is 2.83. The Bertz CT molecular complexity index is 755. The zero-order chi connectivity index (χ0) is 19.5. The fourth-order valence-corrected chi connectivity index (χ4v) is 8.00. The summed E-state index contributed by atoms with van der Waals surface area (Å²) in [5, 5.41) is 21.5. The molecule has 0 bridgehead atoms. The van der Waals surface area contributed by atoms with Gasteiger partial charge in [-0.2, -0.15) is 0 Å². The van der Waals surface area contributed by atoms with Gasteiger partial charge in [0.25, 0.3) is 0 Å². The molecule has 8 atom stereocenters. The van der Waals surface area contributed by atoms with Crippen molar-refractivity contribution in [2.24, 2.45) is 34.5 Å². The average molecular weight is 381 g/mol. The molecule has 4 aliphatic carbocycles. The molecule has 2 N–H and O–H groups in total. The third-order valence-corrected chi connectivity index (χ3v) is 9.66. The predicted molar refractivity (Wildman–Crippen MR) is 114 cm³/mol. The van der Waals surface area contributed by atoms with Crippen molar-refractivity contribution in [3.63, 3.8) is 0 Å². The van der Waals surface area contributed by atoms with Gasteiger partial charge in [0.2, 0.25) is 0 Å². The Morgan fingerprint density at radius 3 is 2.43 bits per heavy atom. The molecule has 28 heavy (non-hydrogen) atoms. The number of benzene rings is 1. The molecule has 4 aliphatic rings. The molecule has 5 rings (SSSR count). The number of aliphatic hydroxyl groups is 2. The summed E-state index contributed by atoms with van der Waals surface area (Å²) in [6.07, 6.45) is 11.1. The third kappa shape index (κ3) is 2.75. The fourth-order valence-electron chi connectivity index (χ4n) is 8.00. The summed E-state index contributed by atoms with van der Waals surface area (Å²) in [4.78, 5) is 0. The zero-order valence-electron chi connectivity index (χ0n) is 17.5. The molecule has 2 heteroatoms. The van der Waals surface area contributed by atoms with Gasteiger partial charge in [0.15, 0.2) is 0 Å². The molecule has 1 unspecified atom stereocenters. The van der Waals surface area contributed by atoms with Gasteiger partial charge in [-0.3, -0.25) is 0 Å². The van der Waals surface area contributed by atoms with Gasteiger partial charge in [-0.25, -0.2) is 0 Å². The number of hydrogen-bond donors (Lipinski definition) is 2. The van der Waals surface area contributed by atoms with Crippen LogP contribution in [0.1, 0.15) is 70.8 Å². The van der Waals surface area contributed by atoms with Gasteiger partial charge in [0.1, 0.15) is 0 Å². The van der Waals surface area contributed by atoms with Gasteiger partial charge >= 0.3 is 0 Å². The van der Waals surface area contributed by atoms with Gasteiger partial charge in [-0.1, -0.05) is 50.3 Å². The van der Waals surface area contributed by atoms with Gasteiger partial charge in [-0.15, -0.1) is 0 Å². The molecular formula is C26H36O2. The molecule has 0 aliphatic heterocycles. The molecule has 0 aromatic heterocycles. The summed E-state index contributed by atoms with van der Waals surface area (Å²) >= 11 is 0. The second-order valence-corrected chi connectivity index (χ2v) is 10.9. The van der Waals surface area contributed by atoms with Crippen molar-refractivity contribution in [3.05, 3.63) is 41.5 Å². The molecule has 0 radical (unpaired) electrons. The van der Waals surface area contributed by atoms with Crippen LogP contribution in [0.2, 0.25) is 0 Å². The van der Waals surface area contributed by atoms with Gasteiger partial charge < -0.3 is 10.2 Å². The van der Waals surface area contributed by atoms with Crippen molar-refractivity contribution in [1.82, 2.24) is 0 Å². The van der Waals surface area contributed by atoms with E-state index >= 15 is 0 Å². The maximum Gasteiger partial charge on any atom is 0.0809 e. The van der Waals surface area contributed by atoms with E-state index in [4.69, 9.17) is 0 Å². The van der Waals surface area contributed by atoms with Crippen LogP contribution < -0.4 is 0 Å². The van der Waals surface area contributed by atoms with Crippen LogP contribution in [-0.2, 0) is 0 Å². The van der Waals surface area contributed by atoms with E-state index in [0.717, 1.165) is 37.5 Å². The Hall–Kier alpha value is -1.12. The van der Waals surface area contributed by atoms with Crippen LogP contribution in [-0.4, -0.2) is 22.4 Å². The molecular weight excluding hydrogens is 344 g/mol. The SMILES string of the molecule is C[C@@]12CC[C@H](O)C[C@@H]1CC[C@H]1[C@H]2CC[C@@]2(C)C(O)C(=Cc3ccccc3)C[C@H]12. The largest absolute Gasteiger partial charge is 0.393 e. The van der Waals surface area contributed by atoms with Crippen molar-refractivity contribution in [1.29, 1.82) is 0 Å². The van der Waals surface area contributed by atoms with Gasteiger partial charge in [0, 0.05) is 5.41 Å². The first kappa shape index (κ1) is 18.9. The highest BCUT2D eigenvalue weighted by Gasteiger charge is 2.61. The first-order valence-corrected chi connectivity index (χ1v) is 11.5. The standard InChI is InChI=1S/C26H36O2/c1-25-12-10-20(27)16-19(25)8-9-21-22(25)11-13-26(2)23(21)15-18(24(26)28)14-17-6-4-3-5-7-17/h3-7,14,19-24,27-28H,8-13,15-16H2,1-2H3/t19-,20-,21-,22+,23+,24?,25+,26+/m0/s1. The molecule has 0 saturated heterocycles. The lowest BCUT2D eigenvalue weighted by Gasteiger charge is -2.60. The smallest absolute Gasteiger partial charge is 0.0809 e. The van der Waals surface area contributed by atoms with Crippen molar-refractivity contribution in [2.75, 3.05) is 0 Å². The molecule has 4 saturated carbocycles. The van der Waals surface area contributed by atoms with E-state index in [1.54, 1.807) is 0 Å². The zero-order valence-corrected chi connectivity index (χ0v) is 17.5. The van der Waals surface area contributed by atoms with Crippen LogP contribution in [0.25, 0.3) is 6.08 Å². The van der Waals surface area contributed by atoms with Crippen LogP contribution in [0.3, 0.4) is 0 Å². The van der Waals surface area contributed by atoms with E-state index in [1.165, 1.54) is 36.8 Å². The van der Waals surface area contributed by atoms with E-state index in [1.807, 2.05) is 0 Å². The second-order valence-electron chi connectivity index (χ2n) is 10.9. The lowest BCUT2D eigenvalue weighted by Crippen LogP contribution is -2.54. The fraction of sp³-hybridized carbons (Fsp3) is 0.692. The van der Waals surface area contributed by atoms with Crippen LogP contribution in [0.4, 0.5) is 0 Å². The quantitative estimate of drug-likeness (QED) is 0.680. The summed E-state index contributed by atoms with van der Waals surface area (Å²) in [6, 6.07) is 10.5. The highest BCUT2D eigenvalue weighted by molar-refractivity contribution is 5.55. The first-order chi connectivity index (χ1) is 13.4. The van der Waals surface area contributed by atoms with Crippen molar-refractivity contribution in [3.8, 4) is 0 Å². The summed E-state index contributed by atoms with van der Waals surface area (Å²) in [7, 11) is 0. The van der Waals surface area contributed by atoms with E-state index in [-0.39, 0.29) is 17.6 Å². The Balaban J connectivity index is 1.44. The Labute approximate surface area is 170 Å². The molecule has 152 valence electrons. The maximum atomic E-state index is 11.3. The van der Waals surface area contributed by atoms with Gasteiger partial charge in [-0.05, 0) is 91.6 Å². The Morgan fingerprint density at radius 2 is 1.64 bits per heavy atom. The Kier molecular flexibility index (Phi) is 4.52. The minimum absolute atomic E-state index is 0.0408. The molecule has 4 fully saturated rings. The second kappa shape index (κ2) is 6.71. The topological polar surface area (TPSA) is 40.5 Å². The van der Waals surface area contributed by atoms with E-state index < -0.39 is 0 Å². The minimum Gasteiger partial charge on any atom is -0.393 e. The van der Waals surface area contributed by atoms with Crippen LogP contribution >= 0.6 is 0 Å². The minimum atomic E-state index is -0.294. The first-order valence-electron chi connectivity index (χ1n) is 11.5. The van der Waals surface area contributed by atoms with Crippen LogP contribution in [0.15, 0.2) is 35.9 Å². The van der Waals surface area contributed by atoms with E-state index in [2.05, 4.69) is 50.3 Å². The number of fused-ring (bicyclic) bond motifs is 5. The third-order valence-electron chi connectivity index (χ3n) is 9.66. The van der Waals surface area contributed by atoms with Crippen molar-refractivity contribution < 1.29 is 10.2 Å². The summed E-state index contributed by atoms with van der Waals surface area (Å²) in [6.45, 7) is 4.90. The number of rotatable bonds is 1. The molecule has 1 aromatic rings. The summed E-state index contributed by atoms with van der Waals surface area (Å²) < 4.78 is 0. The highest BCUT2D eigenvalue weighted by atomic mass is 16.3. The molecule has 0 amide bonds. The van der Waals surface area contributed by atoms with E-state index in [0.29, 0.717) is 17.3 Å². The van der Waals surface area contributed by atoms with E-state index in [9.17, 15) is 10.2 Å². The number of hydrogen-bond acceptors (Lipinski definition) is 2. The average Bonchev–Trinajstić information content (AvgIpc) is 2.94. The molecule has 0 spiro atoms. The maximum absolute atomic E-state index is 11.3. The van der Waals surface area contributed by atoms with Gasteiger partial charge in [0.05, 0.1) is 12.2 Å². The van der Waals surface area contributed by atoms with Crippen molar-refractivity contribution in [2.45, 2.75) is 77.4 Å². The van der Waals surface area contributed by atoms with Crippen LogP contribution in [0, 0.1) is 34.5 Å². The highest BCUT2D eigenvalue weighted by Crippen LogP contribution is 2.67. The lowest BCUT2D eigenvalue weighted by molar-refractivity contribution is -0.133. The Morgan fingerprint density at radius 1 is 0.893 bits per heavy atom. The molecule has 1 aromatic carbocycles. The predicted octanol–water partition coefficient (Wildman–Crippen LogP) is 5.44. The normalized spacial score (nSPS) is 49.4. The van der Waals surface area contributed by atoms with Crippen LogP contribution in [0.5, 0.6) is 0 Å². The lowest BCUT2D eigenvalue weighted by atomic mass is 9.45. The molecule has 0 heterocycles. The van der Waals surface area contributed by atoms with Crippen molar-refractivity contribution >= 4 is 6.08 Å². The monoisotopic (exact) mass is 380 g/mol. The molecule has 2 nitrogen and oxygen atoms in total. The summed E-state index contributed by atoms with van der Waals surface area (Å²) in [5.41, 5.74) is 2.91.